The molecule has 0 aromatic carbocycles. The summed E-state index contributed by atoms with van der Waals surface area (Å²) >= 11 is 0. The van der Waals surface area contributed by atoms with Crippen molar-refractivity contribution in [1.29, 1.82) is 0 Å². The van der Waals surface area contributed by atoms with Crippen molar-refractivity contribution in [3.8, 4) is 0 Å². The van der Waals surface area contributed by atoms with Crippen molar-refractivity contribution >= 4 is 22.6 Å². The molecule has 0 amide bonds. The van der Waals surface area contributed by atoms with E-state index in [1.54, 1.807) is 0 Å². The highest BCUT2D eigenvalue weighted by Crippen LogP contribution is 2.42. The lowest BCUT2D eigenvalue weighted by atomic mass is 10.1. The Morgan fingerprint density at radius 3 is 2.00 bits per heavy atom. The van der Waals surface area contributed by atoms with Crippen molar-refractivity contribution < 1.29 is 23.5 Å². The molecule has 162 valence electrons. The molecule has 28 heavy (non-hydrogen) atoms. The topological polar surface area (TPSA) is 114 Å². The highest BCUT2D eigenvalue weighted by atomic mass is 28.4. The first kappa shape index (κ1) is 25.1. The van der Waals surface area contributed by atoms with Crippen molar-refractivity contribution in [2.24, 2.45) is 5.11 Å². The van der Waals surface area contributed by atoms with E-state index in [1.807, 2.05) is 0 Å². The SMILES string of the molecule is CC(C)(C)[Si](C)(C)O[C@H]1[C@H]([C@H](O)CN=[N+]=[N-])OC(=O)[C@@H]1O[Si](C)(C)C(C)(C)C. The summed E-state index contributed by atoms with van der Waals surface area (Å²) in [6.07, 6.45) is -3.73. The Kier molecular flexibility index (Phi) is 7.59. The summed E-state index contributed by atoms with van der Waals surface area (Å²) in [7, 11) is -4.59. The number of rotatable bonds is 7. The summed E-state index contributed by atoms with van der Waals surface area (Å²) in [4.78, 5) is 15.4. The second-order valence-corrected chi connectivity index (χ2v) is 20.0. The molecule has 0 bridgehead atoms. The fourth-order valence-corrected chi connectivity index (χ4v) is 4.86. The van der Waals surface area contributed by atoms with Gasteiger partial charge in [-0.1, -0.05) is 46.7 Å². The van der Waals surface area contributed by atoms with Crippen LogP contribution in [0.2, 0.25) is 36.3 Å². The highest BCUT2D eigenvalue weighted by molar-refractivity contribution is 6.74. The molecule has 4 atom stereocenters. The van der Waals surface area contributed by atoms with Gasteiger partial charge in [-0.2, -0.15) is 0 Å². The summed E-state index contributed by atoms with van der Waals surface area (Å²) in [5.74, 6) is -0.529. The number of azide groups is 1. The molecule has 1 heterocycles. The van der Waals surface area contributed by atoms with Crippen LogP contribution in [-0.2, 0) is 18.4 Å². The van der Waals surface area contributed by atoms with Crippen LogP contribution in [0.3, 0.4) is 0 Å². The van der Waals surface area contributed by atoms with Gasteiger partial charge in [-0.05, 0) is 41.8 Å². The first-order valence-corrected chi connectivity index (χ1v) is 15.5. The maximum Gasteiger partial charge on any atom is 0.337 e. The van der Waals surface area contributed by atoms with E-state index in [0.717, 1.165) is 0 Å². The number of ether oxygens (including phenoxy) is 1. The van der Waals surface area contributed by atoms with Crippen LogP contribution in [0.5, 0.6) is 0 Å². The van der Waals surface area contributed by atoms with Crippen LogP contribution in [0.25, 0.3) is 10.4 Å². The largest absolute Gasteiger partial charge is 0.455 e. The van der Waals surface area contributed by atoms with Crippen LogP contribution in [0.4, 0.5) is 0 Å². The third-order valence-electron chi connectivity index (χ3n) is 6.28. The van der Waals surface area contributed by atoms with Crippen LogP contribution >= 0.6 is 0 Å². The lowest BCUT2D eigenvalue weighted by Gasteiger charge is -2.42. The molecule has 0 radical (unpaired) electrons. The quantitative estimate of drug-likeness (QED) is 0.211. The zero-order valence-corrected chi connectivity index (χ0v) is 20.9. The number of cyclic esters (lactones) is 1. The van der Waals surface area contributed by atoms with E-state index in [1.165, 1.54) is 0 Å². The van der Waals surface area contributed by atoms with E-state index < -0.39 is 47.0 Å². The summed E-state index contributed by atoms with van der Waals surface area (Å²) in [5.41, 5.74) is 8.56. The van der Waals surface area contributed by atoms with Crippen molar-refractivity contribution in [3.05, 3.63) is 10.4 Å². The Bertz CT molecular complexity index is 622. The fourth-order valence-electron chi connectivity index (χ4n) is 2.35. The smallest absolute Gasteiger partial charge is 0.337 e. The third kappa shape index (κ3) is 5.58. The molecule has 1 N–H and O–H groups in total. The zero-order valence-electron chi connectivity index (χ0n) is 18.9. The summed E-state index contributed by atoms with van der Waals surface area (Å²) in [5, 5.41) is 13.7. The van der Waals surface area contributed by atoms with Gasteiger partial charge in [0.05, 0.1) is 12.6 Å². The number of hydrogen-bond acceptors (Lipinski definition) is 6. The predicted molar refractivity (Wildman–Crippen MR) is 114 cm³/mol. The fraction of sp³-hybridized carbons (Fsp3) is 0.944. The molecule has 0 aromatic rings. The number of aliphatic hydroxyl groups excluding tert-OH is 1. The molecule has 1 fully saturated rings. The van der Waals surface area contributed by atoms with Crippen LogP contribution in [0.15, 0.2) is 5.11 Å². The van der Waals surface area contributed by atoms with E-state index in [2.05, 4.69) is 77.8 Å². The maximum absolute atomic E-state index is 12.7. The molecule has 1 aliphatic heterocycles. The molecule has 0 spiro atoms. The van der Waals surface area contributed by atoms with Crippen molar-refractivity contribution in [1.82, 2.24) is 0 Å². The van der Waals surface area contributed by atoms with Gasteiger partial charge in [0.2, 0.25) is 0 Å². The molecule has 1 aliphatic rings. The van der Waals surface area contributed by atoms with Gasteiger partial charge in [-0.3, -0.25) is 0 Å². The number of nitrogens with zero attached hydrogens (tertiary/aromatic N) is 3. The van der Waals surface area contributed by atoms with Gasteiger partial charge in [0.1, 0.15) is 6.10 Å². The maximum atomic E-state index is 12.7. The zero-order chi connectivity index (χ0) is 22.1. The number of carbonyl (C=O) groups is 1. The Morgan fingerprint density at radius 1 is 1.11 bits per heavy atom. The number of esters is 1. The van der Waals surface area contributed by atoms with Gasteiger partial charge >= 0.3 is 5.97 Å². The summed E-state index contributed by atoms with van der Waals surface area (Å²) in [6, 6.07) is 0. The second-order valence-electron chi connectivity index (χ2n) is 10.5. The highest BCUT2D eigenvalue weighted by Gasteiger charge is 2.55. The molecule has 0 aliphatic carbocycles. The molecular weight excluding hydrogens is 394 g/mol. The van der Waals surface area contributed by atoms with E-state index in [9.17, 15) is 9.90 Å². The average Bonchev–Trinajstić information content (AvgIpc) is 2.78. The molecular formula is C18H37N3O5Si2. The predicted octanol–water partition coefficient (Wildman–Crippen LogP) is 4.36. The Morgan fingerprint density at radius 2 is 1.57 bits per heavy atom. The number of hydrogen-bond donors (Lipinski definition) is 1. The average molecular weight is 432 g/mol. The second kappa shape index (κ2) is 8.45. The molecule has 0 unspecified atom stereocenters. The molecule has 0 aromatic heterocycles. The monoisotopic (exact) mass is 431 g/mol. The van der Waals surface area contributed by atoms with E-state index in [-0.39, 0.29) is 16.6 Å². The van der Waals surface area contributed by atoms with Gasteiger partial charge in [-0.25, -0.2) is 4.79 Å². The van der Waals surface area contributed by atoms with Crippen LogP contribution < -0.4 is 0 Å². The van der Waals surface area contributed by atoms with E-state index in [0.29, 0.717) is 0 Å². The van der Waals surface area contributed by atoms with Crippen molar-refractivity contribution in [2.75, 3.05) is 6.54 Å². The molecule has 8 nitrogen and oxygen atoms in total. The standard InChI is InChI=1S/C18H37N3O5Si2/c1-17(2,3)27(7,8)25-14-13(12(22)11-20-21-19)24-16(23)15(14)26-28(9,10)18(4,5)6/h12-15,22H,11H2,1-10H3/t12-,13+,14+,15-/m1/s1. The van der Waals surface area contributed by atoms with Crippen molar-refractivity contribution in [2.45, 2.75) is 102 Å². The normalized spacial score (nSPS) is 25.2. The molecule has 1 rings (SSSR count). The van der Waals surface area contributed by atoms with E-state index in [4.69, 9.17) is 19.1 Å². The van der Waals surface area contributed by atoms with Gasteiger partial charge < -0.3 is 18.7 Å². The van der Waals surface area contributed by atoms with E-state index >= 15 is 0 Å². The number of carbonyl (C=O) groups excluding carboxylic acids is 1. The van der Waals surface area contributed by atoms with Crippen LogP contribution in [0, 0.1) is 0 Å². The van der Waals surface area contributed by atoms with Gasteiger partial charge in [0, 0.05) is 4.91 Å². The molecule has 10 heteroatoms. The summed E-state index contributed by atoms with van der Waals surface area (Å²) < 4.78 is 18.4. The minimum Gasteiger partial charge on any atom is -0.455 e. The lowest BCUT2D eigenvalue weighted by molar-refractivity contribution is -0.149. The van der Waals surface area contributed by atoms with Gasteiger partial charge in [0.15, 0.2) is 28.8 Å². The molecule has 0 saturated carbocycles. The Labute approximate surface area is 170 Å². The van der Waals surface area contributed by atoms with Gasteiger partial charge in [0.25, 0.3) is 0 Å². The minimum absolute atomic E-state index is 0.0968. The lowest BCUT2D eigenvalue weighted by Crippen LogP contribution is -2.55. The minimum atomic E-state index is -2.29. The van der Waals surface area contributed by atoms with Crippen molar-refractivity contribution in [3.63, 3.8) is 0 Å². The van der Waals surface area contributed by atoms with Crippen LogP contribution in [0.1, 0.15) is 41.5 Å². The third-order valence-corrected chi connectivity index (χ3v) is 15.2. The van der Waals surface area contributed by atoms with Gasteiger partial charge in [-0.15, -0.1) is 0 Å². The Hall–Kier alpha value is -0.906. The first-order chi connectivity index (χ1) is 12.4. The Balaban J connectivity index is 3.27. The first-order valence-electron chi connectivity index (χ1n) is 9.69. The van der Waals surface area contributed by atoms with Crippen LogP contribution in [-0.4, -0.2) is 58.7 Å². The molecule has 1 saturated heterocycles. The summed E-state index contributed by atoms with van der Waals surface area (Å²) in [6.45, 7) is 20.7. The number of aliphatic hydroxyl groups is 1.